The highest BCUT2D eigenvalue weighted by Gasteiger charge is 2.41. The molecule has 0 aromatic rings. The van der Waals surface area contributed by atoms with E-state index >= 15 is 0 Å². The summed E-state index contributed by atoms with van der Waals surface area (Å²) in [5.41, 5.74) is -0.180. The number of sulfone groups is 1. The molecular weight excluding hydrogens is 262 g/mol. The monoisotopic (exact) mass is 291 g/mol. The Morgan fingerprint density at radius 1 is 1.37 bits per heavy atom. The van der Waals surface area contributed by atoms with Gasteiger partial charge in [-0.3, -0.25) is 0 Å². The minimum atomic E-state index is -2.92. The summed E-state index contributed by atoms with van der Waals surface area (Å²) in [5, 5.41) is 3.30. The second kappa shape index (κ2) is 7.04. The number of nitrogens with one attached hydrogen (secondary N) is 1. The van der Waals surface area contributed by atoms with E-state index in [9.17, 15) is 8.42 Å². The van der Waals surface area contributed by atoms with Crippen molar-refractivity contribution < 1.29 is 13.2 Å². The first-order valence-electron chi connectivity index (χ1n) is 7.32. The average molecular weight is 291 g/mol. The second-order valence-electron chi connectivity index (χ2n) is 5.94. The lowest BCUT2D eigenvalue weighted by Gasteiger charge is -2.44. The Labute approximate surface area is 118 Å². The van der Waals surface area contributed by atoms with E-state index in [1.54, 1.807) is 0 Å². The summed E-state index contributed by atoms with van der Waals surface area (Å²) in [7, 11) is -1.01. The summed E-state index contributed by atoms with van der Waals surface area (Å²) in [6.07, 6.45) is 6.31. The molecule has 1 N–H and O–H groups in total. The molecule has 0 aliphatic heterocycles. The fourth-order valence-corrected chi connectivity index (χ4v) is 3.80. The summed E-state index contributed by atoms with van der Waals surface area (Å²) in [4.78, 5) is 0. The molecule has 0 aromatic heterocycles. The van der Waals surface area contributed by atoms with Crippen molar-refractivity contribution in [3.63, 3.8) is 0 Å². The van der Waals surface area contributed by atoms with Gasteiger partial charge in [-0.1, -0.05) is 6.92 Å². The second-order valence-corrected chi connectivity index (χ2v) is 8.20. The minimum absolute atomic E-state index is 0.120. The molecule has 1 rings (SSSR count). The normalized spacial score (nSPS) is 30.2. The quantitative estimate of drug-likeness (QED) is 0.779. The van der Waals surface area contributed by atoms with Crippen molar-refractivity contribution in [2.24, 2.45) is 5.92 Å². The van der Waals surface area contributed by atoms with E-state index in [0.29, 0.717) is 13.0 Å². The molecule has 0 aromatic carbocycles. The van der Waals surface area contributed by atoms with Crippen molar-refractivity contribution in [3.05, 3.63) is 0 Å². The summed E-state index contributed by atoms with van der Waals surface area (Å²) >= 11 is 0. The lowest BCUT2D eigenvalue weighted by atomic mass is 9.74. The van der Waals surface area contributed by atoms with Gasteiger partial charge in [0.1, 0.15) is 9.84 Å². The molecule has 1 saturated carbocycles. The standard InChI is InChI=1S/C14H29NO3S/c1-5-18-14(9-6-12(2)7-10-14)13(15-3)8-11-19(4,16)17/h12-13,15H,5-11H2,1-4H3. The molecule has 19 heavy (non-hydrogen) atoms. The zero-order valence-electron chi connectivity index (χ0n) is 12.7. The summed E-state index contributed by atoms with van der Waals surface area (Å²) in [6.45, 7) is 4.98. The third-order valence-corrected chi connectivity index (χ3v) is 5.29. The first-order chi connectivity index (χ1) is 8.83. The van der Waals surface area contributed by atoms with Crippen LogP contribution < -0.4 is 5.32 Å². The van der Waals surface area contributed by atoms with Crippen LogP contribution in [0.15, 0.2) is 0 Å². The van der Waals surface area contributed by atoms with Crippen molar-refractivity contribution in [1.29, 1.82) is 0 Å². The van der Waals surface area contributed by atoms with E-state index < -0.39 is 9.84 Å². The van der Waals surface area contributed by atoms with Crippen LogP contribution in [0.2, 0.25) is 0 Å². The molecule has 1 atom stereocenters. The molecule has 0 amide bonds. The Kier molecular flexibility index (Phi) is 6.27. The van der Waals surface area contributed by atoms with E-state index in [-0.39, 0.29) is 17.4 Å². The number of hydrogen-bond acceptors (Lipinski definition) is 4. The molecule has 0 radical (unpaired) electrons. The molecule has 1 unspecified atom stereocenters. The maximum absolute atomic E-state index is 11.4. The van der Waals surface area contributed by atoms with Crippen LogP contribution in [0.25, 0.3) is 0 Å². The highest BCUT2D eigenvalue weighted by molar-refractivity contribution is 7.90. The van der Waals surface area contributed by atoms with Crippen LogP contribution in [-0.4, -0.2) is 45.7 Å². The fraction of sp³-hybridized carbons (Fsp3) is 1.00. The Balaban J connectivity index is 2.76. The van der Waals surface area contributed by atoms with Crippen molar-refractivity contribution in [3.8, 4) is 0 Å². The van der Waals surface area contributed by atoms with Gasteiger partial charge in [0, 0.05) is 18.9 Å². The van der Waals surface area contributed by atoms with Crippen molar-refractivity contribution >= 4 is 9.84 Å². The number of hydrogen-bond donors (Lipinski definition) is 1. The molecule has 5 heteroatoms. The fourth-order valence-electron chi connectivity index (χ4n) is 3.13. The van der Waals surface area contributed by atoms with Gasteiger partial charge in [0.2, 0.25) is 0 Å². The Bertz CT molecular complexity index is 359. The highest BCUT2D eigenvalue weighted by Crippen LogP contribution is 2.38. The maximum Gasteiger partial charge on any atom is 0.147 e. The van der Waals surface area contributed by atoms with Gasteiger partial charge in [0.15, 0.2) is 0 Å². The van der Waals surface area contributed by atoms with Gasteiger partial charge in [0.05, 0.1) is 11.4 Å². The van der Waals surface area contributed by atoms with Gasteiger partial charge >= 0.3 is 0 Å². The molecule has 1 aliphatic rings. The van der Waals surface area contributed by atoms with Crippen molar-refractivity contribution in [2.45, 2.75) is 57.6 Å². The molecular formula is C14H29NO3S. The van der Waals surface area contributed by atoms with Gasteiger partial charge in [-0.15, -0.1) is 0 Å². The molecule has 1 fully saturated rings. The number of ether oxygens (including phenoxy) is 1. The van der Waals surface area contributed by atoms with Crippen LogP contribution in [0.3, 0.4) is 0 Å². The van der Waals surface area contributed by atoms with Crippen LogP contribution in [0, 0.1) is 5.92 Å². The minimum Gasteiger partial charge on any atom is -0.374 e. The Morgan fingerprint density at radius 3 is 2.37 bits per heavy atom. The lowest BCUT2D eigenvalue weighted by Crippen LogP contribution is -2.54. The van der Waals surface area contributed by atoms with Gasteiger partial charge in [-0.25, -0.2) is 8.42 Å². The van der Waals surface area contributed by atoms with Crippen LogP contribution >= 0.6 is 0 Å². The summed E-state index contributed by atoms with van der Waals surface area (Å²) < 4.78 is 28.8. The lowest BCUT2D eigenvalue weighted by molar-refractivity contribution is -0.0953. The van der Waals surface area contributed by atoms with E-state index in [1.165, 1.54) is 6.26 Å². The van der Waals surface area contributed by atoms with Crippen LogP contribution in [0.4, 0.5) is 0 Å². The third kappa shape index (κ3) is 5.04. The topological polar surface area (TPSA) is 55.4 Å². The van der Waals surface area contributed by atoms with Gasteiger partial charge in [0.25, 0.3) is 0 Å². The van der Waals surface area contributed by atoms with Crippen molar-refractivity contribution in [2.75, 3.05) is 25.7 Å². The first-order valence-corrected chi connectivity index (χ1v) is 9.38. The average Bonchev–Trinajstić information content (AvgIpc) is 2.32. The predicted octanol–water partition coefficient (Wildman–Crippen LogP) is 1.99. The first kappa shape index (κ1) is 16.9. The third-order valence-electron chi connectivity index (χ3n) is 4.31. The zero-order valence-corrected chi connectivity index (χ0v) is 13.6. The molecule has 0 heterocycles. The Morgan fingerprint density at radius 2 is 1.95 bits per heavy atom. The van der Waals surface area contributed by atoms with Crippen molar-refractivity contribution in [1.82, 2.24) is 5.32 Å². The van der Waals surface area contributed by atoms with E-state index in [4.69, 9.17) is 4.74 Å². The van der Waals surface area contributed by atoms with Gasteiger partial charge in [-0.2, -0.15) is 0 Å². The summed E-state index contributed by atoms with van der Waals surface area (Å²) in [6, 6.07) is 0.120. The maximum atomic E-state index is 11.4. The molecule has 0 spiro atoms. The van der Waals surface area contributed by atoms with Gasteiger partial charge < -0.3 is 10.1 Å². The number of rotatable bonds is 7. The SMILES string of the molecule is CCOC1(C(CCS(C)(=O)=O)NC)CCC(C)CC1. The Hall–Kier alpha value is -0.130. The van der Waals surface area contributed by atoms with E-state index in [1.807, 2.05) is 14.0 Å². The zero-order chi connectivity index (χ0) is 14.5. The highest BCUT2D eigenvalue weighted by atomic mass is 32.2. The van der Waals surface area contributed by atoms with Gasteiger partial charge in [-0.05, 0) is 52.0 Å². The molecule has 4 nitrogen and oxygen atoms in total. The van der Waals surface area contributed by atoms with E-state index in [0.717, 1.165) is 31.6 Å². The van der Waals surface area contributed by atoms with E-state index in [2.05, 4.69) is 12.2 Å². The summed E-state index contributed by atoms with van der Waals surface area (Å²) in [5.74, 6) is 0.976. The largest absolute Gasteiger partial charge is 0.374 e. The van der Waals surface area contributed by atoms with Crippen LogP contribution in [0.1, 0.15) is 46.0 Å². The molecule has 0 bridgehead atoms. The number of likely N-dealkylation sites (N-methyl/N-ethyl adjacent to an activating group) is 1. The molecule has 1 aliphatic carbocycles. The predicted molar refractivity (Wildman–Crippen MR) is 79.2 cm³/mol. The smallest absolute Gasteiger partial charge is 0.147 e. The molecule has 114 valence electrons. The van der Waals surface area contributed by atoms with Crippen LogP contribution in [-0.2, 0) is 14.6 Å². The van der Waals surface area contributed by atoms with Crippen LogP contribution in [0.5, 0.6) is 0 Å². The molecule has 0 saturated heterocycles.